The fourth-order valence-corrected chi connectivity index (χ4v) is 2.94. The predicted octanol–water partition coefficient (Wildman–Crippen LogP) is 3.64. The molecule has 0 saturated carbocycles. The van der Waals surface area contributed by atoms with Crippen molar-refractivity contribution in [2.45, 2.75) is 26.4 Å². The van der Waals surface area contributed by atoms with Crippen molar-refractivity contribution < 1.29 is 18.7 Å². The molecule has 1 aliphatic heterocycles. The highest BCUT2D eigenvalue weighted by Crippen LogP contribution is 2.30. The lowest BCUT2D eigenvalue weighted by molar-refractivity contribution is -0.139. The van der Waals surface area contributed by atoms with Gasteiger partial charge in [-0.2, -0.15) is 0 Å². The summed E-state index contributed by atoms with van der Waals surface area (Å²) >= 11 is 0. The molecule has 0 radical (unpaired) electrons. The van der Waals surface area contributed by atoms with Crippen molar-refractivity contribution in [3.05, 3.63) is 53.8 Å². The van der Waals surface area contributed by atoms with Crippen LogP contribution >= 0.6 is 0 Å². The average molecular weight is 343 g/mol. The number of rotatable bonds is 4. The molecule has 3 rings (SSSR count). The lowest BCUT2D eigenvalue weighted by Crippen LogP contribution is -2.41. The van der Waals surface area contributed by atoms with Gasteiger partial charge in [-0.3, -0.25) is 4.79 Å². The summed E-state index contributed by atoms with van der Waals surface area (Å²) in [6.07, 6.45) is 0. The molecule has 0 bridgehead atoms. The second kappa shape index (κ2) is 7.66. The highest BCUT2D eigenvalue weighted by atomic mass is 19.1. The number of fused-ring (bicyclic) bond motifs is 1. The predicted molar refractivity (Wildman–Crippen MR) is 93.8 cm³/mol. The standard InChI is InChI=1S/C20H22FNO3/c1-3-24-13-20(23)22-11-17-9-16(15-5-4-6-18(21)10-15)7-8-19(17)25-12-14(22)2/h4-10,14H,3,11-13H2,1-2H3. The lowest BCUT2D eigenvalue weighted by Gasteiger charge is -2.26. The Kier molecular flexibility index (Phi) is 5.34. The van der Waals surface area contributed by atoms with E-state index in [0.717, 1.165) is 22.4 Å². The Morgan fingerprint density at radius 2 is 2.08 bits per heavy atom. The maximum Gasteiger partial charge on any atom is 0.249 e. The molecule has 0 aromatic heterocycles. The molecule has 0 saturated heterocycles. The Morgan fingerprint density at radius 3 is 2.84 bits per heavy atom. The van der Waals surface area contributed by atoms with Gasteiger partial charge in [-0.1, -0.05) is 18.2 Å². The van der Waals surface area contributed by atoms with Crippen LogP contribution in [0.2, 0.25) is 0 Å². The number of hydrogen-bond donors (Lipinski definition) is 0. The Labute approximate surface area is 147 Å². The fourth-order valence-electron chi connectivity index (χ4n) is 2.94. The number of carbonyl (C=O) groups excluding carboxylic acids is 1. The van der Waals surface area contributed by atoms with Crippen molar-refractivity contribution >= 4 is 5.91 Å². The maximum absolute atomic E-state index is 13.5. The summed E-state index contributed by atoms with van der Waals surface area (Å²) in [5, 5.41) is 0. The van der Waals surface area contributed by atoms with Crippen molar-refractivity contribution in [3.8, 4) is 16.9 Å². The minimum atomic E-state index is -0.272. The van der Waals surface area contributed by atoms with Crippen LogP contribution in [0.15, 0.2) is 42.5 Å². The SMILES string of the molecule is CCOCC(=O)N1Cc2cc(-c3cccc(F)c3)ccc2OCC1C. The third-order valence-corrected chi connectivity index (χ3v) is 4.32. The number of amides is 1. The quantitative estimate of drug-likeness (QED) is 0.851. The highest BCUT2D eigenvalue weighted by molar-refractivity contribution is 5.78. The smallest absolute Gasteiger partial charge is 0.249 e. The van der Waals surface area contributed by atoms with Gasteiger partial charge in [0.25, 0.3) is 0 Å². The largest absolute Gasteiger partial charge is 0.491 e. The number of halogens is 1. The Balaban J connectivity index is 1.89. The van der Waals surface area contributed by atoms with Crippen LogP contribution in [0.4, 0.5) is 4.39 Å². The molecule has 1 amide bonds. The van der Waals surface area contributed by atoms with Crippen LogP contribution in [0.1, 0.15) is 19.4 Å². The second-order valence-electron chi connectivity index (χ2n) is 6.15. The molecule has 1 aliphatic rings. The van der Waals surface area contributed by atoms with Gasteiger partial charge < -0.3 is 14.4 Å². The fraction of sp³-hybridized carbons (Fsp3) is 0.350. The first-order valence-corrected chi connectivity index (χ1v) is 8.47. The van der Waals surface area contributed by atoms with Crippen molar-refractivity contribution in [2.75, 3.05) is 19.8 Å². The zero-order valence-corrected chi connectivity index (χ0v) is 14.5. The van der Waals surface area contributed by atoms with E-state index in [1.165, 1.54) is 12.1 Å². The van der Waals surface area contributed by atoms with E-state index in [0.29, 0.717) is 19.8 Å². The molecular weight excluding hydrogens is 321 g/mol. The van der Waals surface area contributed by atoms with Gasteiger partial charge in [0.05, 0.1) is 6.04 Å². The number of benzene rings is 2. The van der Waals surface area contributed by atoms with Crippen molar-refractivity contribution in [3.63, 3.8) is 0 Å². The van der Waals surface area contributed by atoms with Gasteiger partial charge >= 0.3 is 0 Å². The van der Waals surface area contributed by atoms with Gasteiger partial charge in [0.15, 0.2) is 0 Å². The van der Waals surface area contributed by atoms with Crippen LogP contribution < -0.4 is 4.74 Å². The minimum Gasteiger partial charge on any atom is -0.491 e. The molecule has 4 nitrogen and oxygen atoms in total. The molecular formula is C20H22FNO3. The van der Waals surface area contributed by atoms with Crippen molar-refractivity contribution in [1.29, 1.82) is 0 Å². The second-order valence-corrected chi connectivity index (χ2v) is 6.15. The molecule has 1 unspecified atom stereocenters. The van der Waals surface area contributed by atoms with Gasteiger partial charge in [0.1, 0.15) is 24.8 Å². The monoisotopic (exact) mass is 343 g/mol. The first-order valence-electron chi connectivity index (χ1n) is 8.47. The van der Waals surface area contributed by atoms with Gasteiger partial charge in [-0.15, -0.1) is 0 Å². The zero-order chi connectivity index (χ0) is 17.8. The molecule has 0 fully saturated rings. The molecule has 0 N–H and O–H groups in total. The Hall–Kier alpha value is -2.40. The van der Waals surface area contributed by atoms with Gasteiger partial charge in [0, 0.05) is 18.7 Å². The Bertz CT molecular complexity index is 762. The molecule has 5 heteroatoms. The summed E-state index contributed by atoms with van der Waals surface area (Å²) in [5.74, 6) is 0.437. The summed E-state index contributed by atoms with van der Waals surface area (Å²) in [7, 11) is 0. The average Bonchev–Trinajstić information content (AvgIpc) is 2.78. The molecule has 0 aliphatic carbocycles. The third-order valence-electron chi connectivity index (χ3n) is 4.32. The van der Waals surface area contributed by atoms with E-state index >= 15 is 0 Å². The summed E-state index contributed by atoms with van der Waals surface area (Å²) in [5.41, 5.74) is 2.61. The van der Waals surface area contributed by atoms with Crippen LogP contribution in [-0.2, 0) is 16.1 Å². The van der Waals surface area contributed by atoms with Crippen LogP contribution in [0.25, 0.3) is 11.1 Å². The van der Waals surface area contributed by atoms with Gasteiger partial charge in [0.2, 0.25) is 5.91 Å². The van der Waals surface area contributed by atoms with E-state index in [1.54, 1.807) is 11.0 Å². The minimum absolute atomic E-state index is 0.0435. The van der Waals surface area contributed by atoms with E-state index in [9.17, 15) is 9.18 Å². The molecule has 132 valence electrons. The van der Waals surface area contributed by atoms with Crippen molar-refractivity contribution in [2.24, 2.45) is 0 Å². The van der Waals surface area contributed by atoms with Crippen LogP contribution in [0.5, 0.6) is 5.75 Å². The number of nitrogens with zero attached hydrogens (tertiary/aromatic N) is 1. The summed E-state index contributed by atoms with van der Waals surface area (Å²) in [4.78, 5) is 14.2. The maximum atomic E-state index is 13.5. The van der Waals surface area contributed by atoms with Crippen LogP contribution in [0.3, 0.4) is 0 Å². The molecule has 2 aromatic rings. The van der Waals surface area contributed by atoms with E-state index < -0.39 is 0 Å². The normalized spacial score (nSPS) is 16.8. The summed E-state index contributed by atoms with van der Waals surface area (Å²) in [6, 6.07) is 12.2. The van der Waals surface area contributed by atoms with E-state index in [4.69, 9.17) is 9.47 Å². The molecule has 25 heavy (non-hydrogen) atoms. The van der Waals surface area contributed by atoms with Crippen LogP contribution in [-0.4, -0.2) is 36.7 Å². The molecule has 1 atom stereocenters. The van der Waals surface area contributed by atoms with Crippen molar-refractivity contribution in [1.82, 2.24) is 4.90 Å². The first-order chi connectivity index (χ1) is 12.1. The summed E-state index contributed by atoms with van der Waals surface area (Å²) in [6.45, 7) is 5.28. The first kappa shape index (κ1) is 17.4. The number of carbonyl (C=O) groups is 1. The number of hydrogen-bond acceptors (Lipinski definition) is 3. The lowest BCUT2D eigenvalue weighted by atomic mass is 10.0. The van der Waals surface area contributed by atoms with Gasteiger partial charge in [-0.25, -0.2) is 4.39 Å². The van der Waals surface area contributed by atoms with E-state index in [-0.39, 0.29) is 24.4 Å². The molecule has 1 heterocycles. The third kappa shape index (κ3) is 3.99. The van der Waals surface area contributed by atoms with E-state index in [1.807, 2.05) is 38.1 Å². The zero-order valence-electron chi connectivity index (χ0n) is 14.5. The molecule has 0 spiro atoms. The highest BCUT2D eigenvalue weighted by Gasteiger charge is 2.25. The Morgan fingerprint density at radius 1 is 1.28 bits per heavy atom. The molecule has 2 aromatic carbocycles. The van der Waals surface area contributed by atoms with Gasteiger partial charge in [-0.05, 0) is 49.2 Å². The summed E-state index contributed by atoms with van der Waals surface area (Å²) < 4.78 is 24.6. The van der Waals surface area contributed by atoms with E-state index in [2.05, 4.69) is 0 Å². The number of ether oxygens (including phenoxy) is 2. The van der Waals surface area contributed by atoms with Crippen LogP contribution in [0, 0.1) is 5.82 Å². The topological polar surface area (TPSA) is 38.8 Å².